The number of allylic oxidation sites excluding steroid dienone is 2. The first-order valence-electron chi connectivity index (χ1n) is 5.21. The SMILES string of the molecule is O=C(O)C1(C(=O)O)CCCC=CCCC1. The Morgan fingerprint density at radius 1 is 0.933 bits per heavy atom. The topological polar surface area (TPSA) is 74.6 Å². The summed E-state index contributed by atoms with van der Waals surface area (Å²) in [4.78, 5) is 22.2. The molecule has 0 aromatic heterocycles. The van der Waals surface area contributed by atoms with Gasteiger partial charge in [0.15, 0.2) is 5.41 Å². The molecule has 0 unspecified atom stereocenters. The number of aliphatic carboxylic acids is 2. The van der Waals surface area contributed by atoms with Crippen molar-refractivity contribution in [3.8, 4) is 0 Å². The Morgan fingerprint density at radius 3 is 1.67 bits per heavy atom. The zero-order valence-corrected chi connectivity index (χ0v) is 8.61. The van der Waals surface area contributed by atoms with E-state index in [1.54, 1.807) is 0 Å². The van der Waals surface area contributed by atoms with E-state index in [0.29, 0.717) is 12.8 Å². The number of carboxylic acid groups (broad SMARTS) is 2. The number of carbonyl (C=O) groups is 2. The molecule has 0 spiro atoms. The molecule has 0 aromatic rings. The third-order valence-corrected chi connectivity index (χ3v) is 2.93. The second-order valence-corrected chi connectivity index (χ2v) is 3.95. The maximum atomic E-state index is 11.1. The predicted molar refractivity (Wildman–Crippen MR) is 54.5 cm³/mol. The van der Waals surface area contributed by atoms with Gasteiger partial charge in [-0.3, -0.25) is 9.59 Å². The molecule has 0 fully saturated rings. The molecular weight excluding hydrogens is 196 g/mol. The Labute approximate surface area is 88.6 Å². The lowest BCUT2D eigenvalue weighted by atomic mass is 9.78. The Morgan fingerprint density at radius 2 is 1.33 bits per heavy atom. The second-order valence-electron chi connectivity index (χ2n) is 3.95. The van der Waals surface area contributed by atoms with Crippen molar-refractivity contribution >= 4 is 11.9 Å². The van der Waals surface area contributed by atoms with Crippen molar-refractivity contribution in [3.05, 3.63) is 12.2 Å². The number of rotatable bonds is 2. The minimum Gasteiger partial charge on any atom is -0.480 e. The first-order valence-corrected chi connectivity index (χ1v) is 5.21. The molecule has 0 radical (unpaired) electrons. The standard InChI is InChI=1S/C11H16O4/c12-9(13)11(10(14)15)7-5-3-1-2-4-6-8-11/h1-2H,3-8H2,(H,12,13)(H,14,15). The Bertz CT molecular complexity index is 252. The van der Waals surface area contributed by atoms with Gasteiger partial charge in [-0.15, -0.1) is 0 Å². The van der Waals surface area contributed by atoms with Crippen LogP contribution in [0.2, 0.25) is 0 Å². The summed E-state index contributed by atoms with van der Waals surface area (Å²) >= 11 is 0. The van der Waals surface area contributed by atoms with Gasteiger partial charge in [0.1, 0.15) is 0 Å². The zero-order valence-electron chi connectivity index (χ0n) is 8.61. The predicted octanol–water partition coefficient (Wildman–Crippen LogP) is 2.05. The fraction of sp³-hybridized carbons (Fsp3) is 0.636. The lowest BCUT2D eigenvalue weighted by Crippen LogP contribution is -2.39. The fourth-order valence-electron chi connectivity index (χ4n) is 1.92. The molecule has 84 valence electrons. The molecule has 0 atom stereocenters. The minimum absolute atomic E-state index is 0.224. The highest BCUT2D eigenvalue weighted by molar-refractivity contribution is 5.98. The van der Waals surface area contributed by atoms with Gasteiger partial charge >= 0.3 is 11.9 Å². The maximum Gasteiger partial charge on any atom is 0.321 e. The van der Waals surface area contributed by atoms with E-state index in [4.69, 9.17) is 10.2 Å². The largest absolute Gasteiger partial charge is 0.480 e. The van der Waals surface area contributed by atoms with Crippen LogP contribution in [0.3, 0.4) is 0 Å². The Balaban J connectivity index is 2.85. The molecule has 1 rings (SSSR count). The van der Waals surface area contributed by atoms with Crippen LogP contribution in [0.1, 0.15) is 38.5 Å². The van der Waals surface area contributed by atoms with Crippen molar-refractivity contribution in [1.82, 2.24) is 0 Å². The molecule has 1 aliphatic carbocycles. The molecule has 15 heavy (non-hydrogen) atoms. The third-order valence-electron chi connectivity index (χ3n) is 2.93. The van der Waals surface area contributed by atoms with Crippen LogP contribution < -0.4 is 0 Å². The highest BCUT2D eigenvalue weighted by Crippen LogP contribution is 2.33. The monoisotopic (exact) mass is 212 g/mol. The highest BCUT2D eigenvalue weighted by Gasteiger charge is 2.45. The molecule has 4 heteroatoms. The van der Waals surface area contributed by atoms with Crippen LogP contribution >= 0.6 is 0 Å². The van der Waals surface area contributed by atoms with Crippen molar-refractivity contribution in [2.24, 2.45) is 5.41 Å². The molecule has 1 aliphatic rings. The summed E-state index contributed by atoms with van der Waals surface area (Å²) in [7, 11) is 0. The van der Waals surface area contributed by atoms with Crippen LogP contribution in [0, 0.1) is 5.41 Å². The molecule has 0 heterocycles. The molecule has 0 saturated heterocycles. The first-order chi connectivity index (χ1) is 7.09. The number of carboxylic acids is 2. The first kappa shape index (κ1) is 11.8. The zero-order chi connectivity index (χ0) is 11.3. The van der Waals surface area contributed by atoms with E-state index >= 15 is 0 Å². The van der Waals surface area contributed by atoms with Gasteiger partial charge in [-0.1, -0.05) is 12.2 Å². The number of hydrogen-bond donors (Lipinski definition) is 2. The average Bonchev–Trinajstić information content (AvgIpc) is 2.28. The molecule has 0 amide bonds. The van der Waals surface area contributed by atoms with E-state index in [-0.39, 0.29) is 12.8 Å². The van der Waals surface area contributed by atoms with Crippen molar-refractivity contribution in [2.45, 2.75) is 38.5 Å². The highest BCUT2D eigenvalue weighted by atomic mass is 16.4. The Hall–Kier alpha value is -1.32. The van der Waals surface area contributed by atoms with Crippen LogP contribution in [0.15, 0.2) is 12.2 Å². The van der Waals surface area contributed by atoms with Crippen LogP contribution in [-0.4, -0.2) is 22.2 Å². The molecule has 2 N–H and O–H groups in total. The lowest BCUT2D eigenvalue weighted by Gasteiger charge is -2.23. The minimum atomic E-state index is -1.56. The van der Waals surface area contributed by atoms with Gasteiger partial charge in [0.25, 0.3) is 0 Å². The normalized spacial score (nSPS) is 21.1. The molecular formula is C11H16O4. The summed E-state index contributed by atoms with van der Waals surface area (Å²) in [5, 5.41) is 18.1. The van der Waals surface area contributed by atoms with Gasteiger partial charge in [0, 0.05) is 0 Å². The summed E-state index contributed by atoms with van der Waals surface area (Å²) in [6.45, 7) is 0. The van der Waals surface area contributed by atoms with Gasteiger partial charge in [0.05, 0.1) is 0 Å². The van der Waals surface area contributed by atoms with Crippen molar-refractivity contribution in [2.75, 3.05) is 0 Å². The fourth-order valence-corrected chi connectivity index (χ4v) is 1.92. The molecule has 0 aliphatic heterocycles. The quantitative estimate of drug-likeness (QED) is 0.542. The van der Waals surface area contributed by atoms with Gasteiger partial charge < -0.3 is 10.2 Å². The molecule has 0 saturated carbocycles. The van der Waals surface area contributed by atoms with Crippen LogP contribution in [0.4, 0.5) is 0 Å². The van der Waals surface area contributed by atoms with Crippen LogP contribution in [0.5, 0.6) is 0 Å². The van der Waals surface area contributed by atoms with Crippen molar-refractivity contribution < 1.29 is 19.8 Å². The summed E-state index contributed by atoms with van der Waals surface area (Å²) < 4.78 is 0. The summed E-state index contributed by atoms with van der Waals surface area (Å²) in [5.74, 6) is -2.39. The van der Waals surface area contributed by atoms with Crippen molar-refractivity contribution in [1.29, 1.82) is 0 Å². The summed E-state index contributed by atoms with van der Waals surface area (Å²) in [6, 6.07) is 0. The van der Waals surface area contributed by atoms with E-state index in [9.17, 15) is 9.59 Å². The van der Waals surface area contributed by atoms with E-state index in [1.165, 1.54) is 0 Å². The molecule has 0 bridgehead atoms. The van der Waals surface area contributed by atoms with Crippen molar-refractivity contribution in [3.63, 3.8) is 0 Å². The van der Waals surface area contributed by atoms with Gasteiger partial charge in [0.2, 0.25) is 0 Å². The maximum absolute atomic E-state index is 11.1. The smallest absolute Gasteiger partial charge is 0.321 e. The van der Waals surface area contributed by atoms with Gasteiger partial charge in [-0.25, -0.2) is 0 Å². The van der Waals surface area contributed by atoms with Crippen LogP contribution in [-0.2, 0) is 9.59 Å². The summed E-state index contributed by atoms with van der Waals surface area (Å²) in [5.41, 5.74) is -1.56. The summed E-state index contributed by atoms with van der Waals surface area (Å²) in [6.07, 6.45) is 7.22. The second kappa shape index (κ2) is 4.96. The van der Waals surface area contributed by atoms with Gasteiger partial charge in [-0.2, -0.15) is 0 Å². The number of hydrogen-bond acceptors (Lipinski definition) is 2. The Kier molecular flexibility index (Phi) is 3.88. The van der Waals surface area contributed by atoms with E-state index < -0.39 is 17.4 Å². The lowest BCUT2D eigenvalue weighted by molar-refractivity contribution is -0.166. The van der Waals surface area contributed by atoms with Crippen LogP contribution in [0.25, 0.3) is 0 Å². The average molecular weight is 212 g/mol. The van der Waals surface area contributed by atoms with E-state index in [0.717, 1.165) is 12.8 Å². The van der Waals surface area contributed by atoms with Gasteiger partial charge in [-0.05, 0) is 38.5 Å². The van der Waals surface area contributed by atoms with E-state index in [2.05, 4.69) is 0 Å². The molecule has 4 nitrogen and oxygen atoms in total. The third kappa shape index (κ3) is 2.58. The van der Waals surface area contributed by atoms with E-state index in [1.807, 2.05) is 12.2 Å². The molecule has 0 aromatic carbocycles.